The lowest BCUT2D eigenvalue weighted by Gasteiger charge is -2.40. The molecule has 1 fully saturated rings. The van der Waals surface area contributed by atoms with Crippen molar-refractivity contribution in [3.8, 4) is 0 Å². The van der Waals surface area contributed by atoms with Crippen molar-refractivity contribution in [1.29, 1.82) is 0 Å². The standard InChI is InChI=1S/C19H32N2/c1-6-20-18(17-10-8-7-9-11-17)19(14(2)3)21-13-15(4)12-16(21)5/h7-11,14-16,18-20H,6,12-13H2,1-5H3. The summed E-state index contributed by atoms with van der Waals surface area (Å²) >= 11 is 0. The van der Waals surface area contributed by atoms with Crippen LogP contribution >= 0.6 is 0 Å². The summed E-state index contributed by atoms with van der Waals surface area (Å²) in [5.41, 5.74) is 1.42. The molecule has 1 aliphatic rings. The minimum atomic E-state index is 0.420. The molecule has 1 heterocycles. The minimum Gasteiger partial charge on any atom is -0.309 e. The highest BCUT2D eigenvalue weighted by Gasteiger charge is 2.37. The number of likely N-dealkylation sites (N-methyl/N-ethyl adjacent to an activating group) is 1. The Balaban J connectivity index is 2.29. The summed E-state index contributed by atoms with van der Waals surface area (Å²) < 4.78 is 0. The van der Waals surface area contributed by atoms with Gasteiger partial charge in [-0.3, -0.25) is 4.90 Å². The maximum Gasteiger partial charge on any atom is 0.0480 e. The van der Waals surface area contributed by atoms with E-state index in [4.69, 9.17) is 0 Å². The normalized spacial score (nSPS) is 26.2. The number of nitrogens with one attached hydrogen (secondary N) is 1. The SMILES string of the molecule is CCNC(c1ccccc1)C(C(C)C)N1CC(C)CC1C. The maximum atomic E-state index is 3.75. The van der Waals surface area contributed by atoms with Crippen LogP contribution < -0.4 is 5.32 Å². The summed E-state index contributed by atoms with van der Waals surface area (Å²) in [7, 11) is 0. The lowest BCUT2D eigenvalue weighted by Crippen LogP contribution is -2.49. The van der Waals surface area contributed by atoms with Crippen LogP contribution in [0.1, 0.15) is 52.6 Å². The van der Waals surface area contributed by atoms with E-state index in [9.17, 15) is 0 Å². The molecular weight excluding hydrogens is 256 g/mol. The maximum absolute atomic E-state index is 3.75. The average molecular weight is 288 g/mol. The van der Waals surface area contributed by atoms with Gasteiger partial charge in [0.25, 0.3) is 0 Å². The molecule has 0 bridgehead atoms. The van der Waals surface area contributed by atoms with Crippen molar-refractivity contribution in [2.24, 2.45) is 11.8 Å². The fourth-order valence-corrected chi connectivity index (χ4v) is 4.02. The second-order valence-electron chi connectivity index (χ2n) is 7.07. The predicted molar refractivity (Wildman–Crippen MR) is 91.4 cm³/mol. The monoisotopic (exact) mass is 288 g/mol. The Labute approximate surface area is 130 Å². The zero-order chi connectivity index (χ0) is 15.4. The second kappa shape index (κ2) is 7.42. The molecule has 1 aliphatic heterocycles. The number of hydrogen-bond donors (Lipinski definition) is 1. The van der Waals surface area contributed by atoms with Gasteiger partial charge in [-0.1, -0.05) is 58.0 Å². The fourth-order valence-electron chi connectivity index (χ4n) is 4.02. The average Bonchev–Trinajstić information content (AvgIpc) is 2.78. The Hall–Kier alpha value is -0.860. The first-order chi connectivity index (χ1) is 10.0. The summed E-state index contributed by atoms with van der Waals surface area (Å²) in [4.78, 5) is 2.75. The molecule has 1 aromatic rings. The first-order valence-corrected chi connectivity index (χ1v) is 8.58. The molecule has 0 aliphatic carbocycles. The first kappa shape index (κ1) is 16.5. The third kappa shape index (κ3) is 3.87. The van der Waals surface area contributed by atoms with Crippen LogP contribution in [0.2, 0.25) is 0 Å². The van der Waals surface area contributed by atoms with Crippen LogP contribution in [0.4, 0.5) is 0 Å². The molecule has 1 aromatic carbocycles. The van der Waals surface area contributed by atoms with Crippen molar-refractivity contribution < 1.29 is 0 Å². The van der Waals surface area contributed by atoms with Crippen LogP contribution in [0.5, 0.6) is 0 Å². The van der Waals surface area contributed by atoms with Crippen molar-refractivity contribution in [2.75, 3.05) is 13.1 Å². The predicted octanol–water partition coefficient (Wildman–Crippen LogP) is 4.09. The first-order valence-electron chi connectivity index (χ1n) is 8.58. The fraction of sp³-hybridized carbons (Fsp3) is 0.684. The Morgan fingerprint density at radius 1 is 1.19 bits per heavy atom. The highest BCUT2D eigenvalue weighted by atomic mass is 15.2. The summed E-state index contributed by atoms with van der Waals surface area (Å²) in [5, 5.41) is 3.75. The zero-order valence-corrected chi connectivity index (χ0v) is 14.3. The van der Waals surface area contributed by atoms with E-state index in [1.54, 1.807) is 0 Å². The van der Waals surface area contributed by atoms with Crippen molar-refractivity contribution in [1.82, 2.24) is 10.2 Å². The van der Waals surface area contributed by atoms with Gasteiger partial charge in [0, 0.05) is 24.7 Å². The smallest absolute Gasteiger partial charge is 0.0480 e. The Bertz CT molecular complexity index is 415. The van der Waals surface area contributed by atoms with E-state index in [1.807, 2.05) is 0 Å². The van der Waals surface area contributed by atoms with Crippen LogP contribution in [0.25, 0.3) is 0 Å². The van der Waals surface area contributed by atoms with E-state index >= 15 is 0 Å². The van der Waals surface area contributed by atoms with Crippen LogP contribution in [-0.4, -0.2) is 30.1 Å². The Kier molecular flexibility index (Phi) is 5.83. The van der Waals surface area contributed by atoms with Gasteiger partial charge in [0.15, 0.2) is 0 Å². The number of hydrogen-bond acceptors (Lipinski definition) is 2. The van der Waals surface area contributed by atoms with Crippen molar-refractivity contribution in [3.63, 3.8) is 0 Å². The van der Waals surface area contributed by atoms with Crippen LogP contribution in [-0.2, 0) is 0 Å². The molecule has 2 rings (SSSR count). The number of likely N-dealkylation sites (tertiary alicyclic amines) is 1. The third-order valence-electron chi connectivity index (χ3n) is 4.82. The molecule has 2 heteroatoms. The van der Waals surface area contributed by atoms with Gasteiger partial charge < -0.3 is 5.32 Å². The zero-order valence-electron chi connectivity index (χ0n) is 14.3. The molecule has 0 saturated carbocycles. The van der Waals surface area contributed by atoms with Crippen molar-refractivity contribution in [2.45, 2.75) is 59.2 Å². The van der Waals surface area contributed by atoms with Gasteiger partial charge >= 0.3 is 0 Å². The third-order valence-corrected chi connectivity index (χ3v) is 4.82. The van der Waals surface area contributed by atoms with Gasteiger partial charge in [0.05, 0.1) is 0 Å². The summed E-state index contributed by atoms with van der Waals surface area (Å²) in [6.07, 6.45) is 1.33. The van der Waals surface area contributed by atoms with Crippen LogP contribution in [0, 0.1) is 11.8 Å². The Morgan fingerprint density at radius 2 is 1.86 bits per heavy atom. The molecule has 0 amide bonds. The summed E-state index contributed by atoms with van der Waals surface area (Å²) in [6.45, 7) is 14.0. The second-order valence-corrected chi connectivity index (χ2v) is 7.07. The summed E-state index contributed by atoms with van der Waals surface area (Å²) in [6, 6.07) is 12.6. The van der Waals surface area contributed by atoms with Gasteiger partial charge in [-0.05, 0) is 37.3 Å². The number of benzene rings is 1. The molecule has 1 saturated heterocycles. The van der Waals surface area contributed by atoms with Gasteiger partial charge in [-0.15, -0.1) is 0 Å². The molecule has 0 aromatic heterocycles. The Morgan fingerprint density at radius 3 is 2.33 bits per heavy atom. The largest absolute Gasteiger partial charge is 0.309 e. The van der Waals surface area contributed by atoms with Gasteiger partial charge in [-0.2, -0.15) is 0 Å². The van der Waals surface area contributed by atoms with E-state index in [0.29, 0.717) is 24.0 Å². The highest BCUT2D eigenvalue weighted by Crippen LogP contribution is 2.33. The topological polar surface area (TPSA) is 15.3 Å². The minimum absolute atomic E-state index is 0.420. The summed E-state index contributed by atoms with van der Waals surface area (Å²) in [5.74, 6) is 1.46. The molecule has 2 nitrogen and oxygen atoms in total. The van der Waals surface area contributed by atoms with E-state index in [0.717, 1.165) is 12.5 Å². The molecule has 4 atom stereocenters. The molecule has 118 valence electrons. The van der Waals surface area contributed by atoms with E-state index in [-0.39, 0.29) is 0 Å². The van der Waals surface area contributed by atoms with Crippen LogP contribution in [0.15, 0.2) is 30.3 Å². The number of nitrogens with zero attached hydrogens (tertiary/aromatic N) is 1. The van der Waals surface area contributed by atoms with Crippen LogP contribution in [0.3, 0.4) is 0 Å². The van der Waals surface area contributed by atoms with Gasteiger partial charge in [0.2, 0.25) is 0 Å². The van der Waals surface area contributed by atoms with Crippen molar-refractivity contribution >= 4 is 0 Å². The molecule has 0 spiro atoms. The van der Waals surface area contributed by atoms with E-state index in [2.05, 4.69) is 75.2 Å². The quantitative estimate of drug-likeness (QED) is 0.848. The van der Waals surface area contributed by atoms with E-state index in [1.165, 1.54) is 18.5 Å². The van der Waals surface area contributed by atoms with Gasteiger partial charge in [0.1, 0.15) is 0 Å². The molecular formula is C19H32N2. The molecule has 1 N–H and O–H groups in total. The molecule has 4 unspecified atom stereocenters. The lowest BCUT2D eigenvalue weighted by molar-refractivity contribution is 0.109. The van der Waals surface area contributed by atoms with Gasteiger partial charge in [-0.25, -0.2) is 0 Å². The number of rotatable bonds is 6. The van der Waals surface area contributed by atoms with E-state index < -0.39 is 0 Å². The molecule has 21 heavy (non-hydrogen) atoms. The molecule has 0 radical (unpaired) electrons. The highest BCUT2D eigenvalue weighted by molar-refractivity contribution is 5.21. The van der Waals surface area contributed by atoms with Crippen molar-refractivity contribution in [3.05, 3.63) is 35.9 Å². The lowest BCUT2D eigenvalue weighted by atomic mass is 9.89.